The lowest BCUT2D eigenvalue weighted by Gasteiger charge is -2.63. The fraction of sp³-hybridized carbons (Fsp3) is 0.696. The second kappa shape index (κ2) is 7.38. The average Bonchev–Trinajstić information content (AvgIpc) is 3.13. The number of hydrogen-bond donors (Lipinski definition) is 1. The van der Waals surface area contributed by atoms with Gasteiger partial charge in [0.2, 0.25) is 0 Å². The van der Waals surface area contributed by atoms with Gasteiger partial charge in [-0.2, -0.15) is 0 Å². The van der Waals surface area contributed by atoms with Gasteiger partial charge < -0.3 is 24.4 Å². The Balaban J connectivity index is 1.36. The first kappa shape index (κ1) is 19.0. The first-order valence-corrected chi connectivity index (χ1v) is 11.1. The molecule has 6 nitrogen and oxygen atoms in total. The summed E-state index contributed by atoms with van der Waals surface area (Å²) in [5.41, 5.74) is 3.01. The summed E-state index contributed by atoms with van der Waals surface area (Å²) >= 11 is 0. The number of rotatable bonds is 4. The van der Waals surface area contributed by atoms with Crippen LogP contribution in [0.1, 0.15) is 43.7 Å². The molecule has 2 saturated carbocycles. The number of benzene rings is 1. The number of ether oxygens (including phenoxy) is 3. The van der Waals surface area contributed by atoms with Gasteiger partial charge >= 0.3 is 0 Å². The maximum absolute atomic E-state index is 6.10. The van der Waals surface area contributed by atoms with Crippen LogP contribution in [0.15, 0.2) is 17.1 Å². The van der Waals surface area contributed by atoms with Crippen LogP contribution >= 0.6 is 0 Å². The zero-order valence-corrected chi connectivity index (χ0v) is 17.9. The predicted molar refractivity (Wildman–Crippen MR) is 113 cm³/mol. The van der Waals surface area contributed by atoms with Crippen molar-refractivity contribution in [3.8, 4) is 11.5 Å². The molecule has 1 aromatic carbocycles. The van der Waals surface area contributed by atoms with Gasteiger partial charge in [-0.1, -0.05) is 6.42 Å². The van der Waals surface area contributed by atoms with E-state index in [0.29, 0.717) is 23.5 Å². The maximum Gasteiger partial charge on any atom is 0.194 e. The van der Waals surface area contributed by atoms with Crippen molar-refractivity contribution in [2.45, 2.75) is 57.7 Å². The summed E-state index contributed by atoms with van der Waals surface area (Å²) in [5.74, 6) is 3.33. The summed E-state index contributed by atoms with van der Waals surface area (Å²) in [6.07, 6.45) is 6.59. The Kier molecular flexibility index (Phi) is 4.85. The summed E-state index contributed by atoms with van der Waals surface area (Å²) in [6.45, 7) is 5.66. The highest BCUT2D eigenvalue weighted by atomic mass is 16.5. The number of guanidine groups is 1. The first-order chi connectivity index (χ1) is 14.2. The molecule has 3 atom stereocenters. The highest BCUT2D eigenvalue weighted by molar-refractivity contribution is 5.81. The highest BCUT2D eigenvalue weighted by Crippen LogP contribution is 2.62. The molecule has 3 fully saturated rings. The van der Waals surface area contributed by atoms with Gasteiger partial charge in [0.05, 0.1) is 20.3 Å². The zero-order valence-electron chi connectivity index (χ0n) is 17.9. The molecule has 0 aromatic heterocycles. The second-order valence-electron chi connectivity index (χ2n) is 8.90. The van der Waals surface area contributed by atoms with E-state index in [-0.39, 0.29) is 0 Å². The Morgan fingerprint density at radius 1 is 1.24 bits per heavy atom. The van der Waals surface area contributed by atoms with E-state index in [0.717, 1.165) is 50.1 Å². The van der Waals surface area contributed by atoms with Crippen LogP contribution in [0, 0.1) is 11.3 Å². The van der Waals surface area contributed by atoms with Crippen molar-refractivity contribution < 1.29 is 14.2 Å². The van der Waals surface area contributed by atoms with Crippen LogP contribution < -0.4 is 14.8 Å². The minimum absolute atomic E-state index is 0.361. The molecule has 29 heavy (non-hydrogen) atoms. The van der Waals surface area contributed by atoms with Crippen LogP contribution in [0.4, 0.5) is 0 Å². The Labute approximate surface area is 173 Å². The van der Waals surface area contributed by atoms with Gasteiger partial charge in [-0.3, -0.25) is 4.99 Å². The van der Waals surface area contributed by atoms with Crippen molar-refractivity contribution >= 4 is 5.96 Å². The van der Waals surface area contributed by atoms with Gasteiger partial charge in [-0.15, -0.1) is 0 Å². The van der Waals surface area contributed by atoms with E-state index in [1.807, 2.05) is 0 Å². The third-order valence-electron chi connectivity index (χ3n) is 7.65. The van der Waals surface area contributed by atoms with E-state index in [9.17, 15) is 0 Å². The van der Waals surface area contributed by atoms with Gasteiger partial charge in [0, 0.05) is 43.6 Å². The number of hydrogen-bond acceptors (Lipinski definition) is 4. The van der Waals surface area contributed by atoms with Gasteiger partial charge in [0.25, 0.3) is 0 Å². The lowest BCUT2D eigenvalue weighted by atomic mass is 9.46. The minimum Gasteiger partial charge on any atom is -0.493 e. The van der Waals surface area contributed by atoms with E-state index in [4.69, 9.17) is 19.2 Å². The molecular weight excluding hydrogens is 366 g/mol. The van der Waals surface area contributed by atoms with E-state index in [1.165, 1.54) is 36.8 Å². The minimum atomic E-state index is 0.361. The molecule has 3 unspecified atom stereocenters. The topological polar surface area (TPSA) is 55.3 Å². The largest absolute Gasteiger partial charge is 0.493 e. The molecule has 1 saturated heterocycles. The molecule has 5 rings (SSSR count). The van der Waals surface area contributed by atoms with Crippen LogP contribution in [0.25, 0.3) is 0 Å². The molecule has 1 spiro atoms. The number of nitrogens with one attached hydrogen (secondary N) is 1. The molecular formula is C23H33N3O3. The Bertz CT molecular complexity index is 805. The second-order valence-corrected chi connectivity index (χ2v) is 8.90. The lowest BCUT2D eigenvalue weighted by Crippen LogP contribution is -2.72. The molecule has 2 aliphatic carbocycles. The number of fused-ring (bicyclic) bond motifs is 3. The highest BCUT2D eigenvalue weighted by Gasteiger charge is 2.66. The molecule has 6 heteroatoms. The molecule has 1 aromatic rings. The van der Waals surface area contributed by atoms with Crippen molar-refractivity contribution in [2.24, 2.45) is 16.3 Å². The van der Waals surface area contributed by atoms with E-state index >= 15 is 0 Å². The molecule has 0 amide bonds. The lowest BCUT2D eigenvalue weighted by molar-refractivity contribution is -0.171. The van der Waals surface area contributed by atoms with Crippen LogP contribution in [-0.2, 0) is 17.7 Å². The van der Waals surface area contributed by atoms with Crippen LogP contribution in [0.5, 0.6) is 11.5 Å². The average molecular weight is 400 g/mol. The van der Waals surface area contributed by atoms with Crippen LogP contribution in [0.2, 0.25) is 0 Å². The molecule has 1 N–H and O–H groups in total. The third-order valence-corrected chi connectivity index (χ3v) is 7.65. The Hall–Kier alpha value is -1.95. The van der Waals surface area contributed by atoms with Crippen molar-refractivity contribution in [1.82, 2.24) is 10.2 Å². The van der Waals surface area contributed by atoms with Gasteiger partial charge in [-0.25, -0.2) is 0 Å². The van der Waals surface area contributed by atoms with Crippen LogP contribution in [0.3, 0.4) is 0 Å². The monoisotopic (exact) mass is 399 g/mol. The van der Waals surface area contributed by atoms with Crippen molar-refractivity contribution in [3.05, 3.63) is 23.3 Å². The number of aliphatic imine (C=N–C) groups is 1. The molecule has 0 radical (unpaired) electrons. The van der Waals surface area contributed by atoms with Gasteiger partial charge in [0.1, 0.15) is 0 Å². The normalized spacial score (nSPS) is 29.6. The molecule has 158 valence electrons. The van der Waals surface area contributed by atoms with Gasteiger partial charge in [0.15, 0.2) is 17.5 Å². The van der Waals surface area contributed by atoms with E-state index in [1.54, 1.807) is 14.2 Å². The summed E-state index contributed by atoms with van der Waals surface area (Å²) < 4.78 is 17.1. The smallest absolute Gasteiger partial charge is 0.194 e. The molecule has 0 bridgehead atoms. The SMILES string of the molecule is CCN=C(NC1C2CCOC2C12CCC2)N1CCc2cc(OC)c(OC)cc2C1. The maximum atomic E-state index is 6.10. The zero-order chi connectivity index (χ0) is 20.0. The fourth-order valence-electron chi connectivity index (χ4n) is 6.05. The van der Waals surface area contributed by atoms with Crippen molar-refractivity contribution in [1.29, 1.82) is 0 Å². The number of nitrogens with zero attached hydrogens (tertiary/aromatic N) is 2. The summed E-state index contributed by atoms with van der Waals surface area (Å²) in [6, 6.07) is 4.77. The molecule has 2 aliphatic heterocycles. The van der Waals surface area contributed by atoms with Gasteiger partial charge in [-0.05, 0) is 55.9 Å². The summed E-state index contributed by atoms with van der Waals surface area (Å²) in [4.78, 5) is 7.30. The Morgan fingerprint density at radius 2 is 2.00 bits per heavy atom. The van der Waals surface area contributed by atoms with Crippen LogP contribution in [-0.4, -0.2) is 56.9 Å². The van der Waals surface area contributed by atoms with Crippen molar-refractivity contribution in [3.63, 3.8) is 0 Å². The Morgan fingerprint density at radius 3 is 2.66 bits per heavy atom. The van der Waals surface area contributed by atoms with Crippen molar-refractivity contribution in [2.75, 3.05) is 33.9 Å². The molecule has 2 heterocycles. The predicted octanol–water partition coefficient (Wildman–Crippen LogP) is 2.99. The first-order valence-electron chi connectivity index (χ1n) is 11.1. The standard InChI is InChI=1S/C23H33N3O3/c1-4-24-22(25-20-17-7-11-29-21(17)23(20)8-5-9-23)26-10-6-15-12-18(27-2)19(28-3)13-16(15)14-26/h12-13,17,20-21H,4-11,14H2,1-3H3,(H,24,25). The van der Waals surface area contributed by atoms with E-state index < -0.39 is 0 Å². The molecule has 4 aliphatic rings. The van der Waals surface area contributed by atoms with E-state index in [2.05, 4.69) is 29.3 Å². The number of methoxy groups -OCH3 is 2. The quantitative estimate of drug-likeness (QED) is 0.623. The summed E-state index contributed by atoms with van der Waals surface area (Å²) in [7, 11) is 3.40. The summed E-state index contributed by atoms with van der Waals surface area (Å²) in [5, 5.41) is 3.91. The third kappa shape index (κ3) is 2.90. The fourth-order valence-corrected chi connectivity index (χ4v) is 6.05.